The molecule has 0 saturated heterocycles. The number of ether oxygens (including phenoxy) is 1. The lowest BCUT2D eigenvalue weighted by Gasteiger charge is -2.16. The first-order chi connectivity index (χ1) is 6.81. The minimum absolute atomic E-state index is 0.0322. The van der Waals surface area contributed by atoms with Crippen LogP contribution in [0.3, 0.4) is 0 Å². The summed E-state index contributed by atoms with van der Waals surface area (Å²) in [7, 11) is 1.61. The SMILES string of the molecule is CCn1ccnc1NC(CO)COC. The zero-order valence-electron chi connectivity index (χ0n) is 8.60. The number of anilines is 1. The van der Waals surface area contributed by atoms with Crippen molar-refractivity contribution >= 4 is 5.95 Å². The number of aliphatic hydroxyl groups excluding tert-OH is 1. The van der Waals surface area contributed by atoms with Crippen LogP contribution < -0.4 is 5.32 Å². The predicted octanol–water partition coefficient (Wildman–Crippen LogP) is 0.322. The van der Waals surface area contributed by atoms with E-state index < -0.39 is 0 Å². The number of imidazole rings is 1. The molecule has 5 nitrogen and oxygen atoms in total. The molecule has 1 atom stereocenters. The molecule has 0 aromatic carbocycles. The molecule has 1 aromatic rings. The summed E-state index contributed by atoms with van der Waals surface area (Å²) in [6.07, 6.45) is 3.62. The Balaban J connectivity index is 2.56. The molecule has 80 valence electrons. The van der Waals surface area contributed by atoms with Crippen molar-refractivity contribution in [1.82, 2.24) is 9.55 Å². The molecule has 1 unspecified atom stereocenters. The van der Waals surface area contributed by atoms with Crippen LogP contribution in [0.15, 0.2) is 12.4 Å². The van der Waals surface area contributed by atoms with Gasteiger partial charge >= 0.3 is 0 Å². The summed E-state index contributed by atoms with van der Waals surface area (Å²) in [5.41, 5.74) is 0. The maximum absolute atomic E-state index is 9.04. The second-order valence-corrected chi connectivity index (χ2v) is 3.02. The van der Waals surface area contributed by atoms with Crippen LogP contribution in [0.25, 0.3) is 0 Å². The van der Waals surface area contributed by atoms with Crippen molar-refractivity contribution in [3.05, 3.63) is 12.4 Å². The molecule has 1 rings (SSSR count). The van der Waals surface area contributed by atoms with E-state index in [1.165, 1.54) is 0 Å². The van der Waals surface area contributed by atoms with Gasteiger partial charge in [-0.3, -0.25) is 0 Å². The molecule has 2 N–H and O–H groups in total. The van der Waals surface area contributed by atoms with Crippen molar-refractivity contribution in [3.8, 4) is 0 Å². The van der Waals surface area contributed by atoms with Gasteiger partial charge in [-0.15, -0.1) is 0 Å². The molecule has 0 amide bonds. The number of aliphatic hydroxyl groups is 1. The van der Waals surface area contributed by atoms with Crippen LogP contribution in [0, 0.1) is 0 Å². The lowest BCUT2D eigenvalue weighted by Crippen LogP contribution is -2.30. The number of methoxy groups -OCH3 is 1. The normalized spacial score (nSPS) is 12.8. The highest BCUT2D eigenvalue weighted by atomic mass is 16.5. The highest BCUT2D eigenvalue weighted by molar-refractivity contribution is 5.27. The number of hydrogen-bond acceptors (Lipinski definition) is 4. The van der Waals surface area contributed by atoms with E-state index in [2.05, 4.69) is 10.3 Å². The fourth-order valence-electron chi connectivity index (χ4n) is 1.23. The van der Waals surface area contributed by atoms with Gasteiger partial charge in [0, 0.05) is 26.0 Å². The number of rotatable bonds is 6. The van der Waals surface area contributed by atoms with Gasteiger partial charge in [-0.05, 0) is 6.92 Å². The van der Waals surface area contributed by atoms with E-state index in [9.17, 15) is 0 Å². The van der Waals surface area contributed by atoms with Gasteiger partial charge in [0.25, 0.3) is 0 Å². The Morgan fingerprint density at radius 3 is 3.07 bits per heavy atom. The van der Waals surface area contributed by atoms with Crippen molar-refractivity contribution < 1.29 is 9.84 Å². The smallest absolute Gasteiger partial charge is 0.203 e. The summed E-state index contributed by atoms with van der Waals surface area (Å²) in [6.45, 7) is 3.39. The maximum Gasteiger partial charge on any atom is 0.203 e. The molecule has 14 heavy (non-hydrogen) atoms. The van der Waals surface area contributed by atoms with Gasteiger partial charge in [0.2, 0.25) is 5.95 Å². The van der Waals surface area contributed by atoms with Gasteiger partial charge < -0.3 is 19.7 Å². The molecule has 1 aromatic heterocycles. The highest BCUT2D eigenvalue weighted by Gasteiger charge is 2.09. The summed E-state index contributed by atoms with van der Waals surface area (Å²) in [4.78, 5) is 4.14. The molecular weight excluding hydrogens is 182 g/mol. The first-order valence-electron chi connectivity index (χ1n) is 4.69. The van der Waals surface area contributed by atoms with Crippen LogP contribution in [0.1, 0.15) is 6.92 Å². The Labute approximate surface area is 83.7 Å². The van der Waals surface area contributed by atoms with Crippen molar-refractivity contribution in [2.45, 2.75) is 19.5 Å². The predicted molar refractivity (Wildman–Crippen MR) is 54.3 cm³/mol. The van der Waals surface area contributed by atoms with E-state index in [-0.39, 0.29) is 12.6 Å². The maximum atomic E-state index is 9.04. The number of aromatic nitrogens is 2. The summed E-state index contributed by atoms with van der Waals surface area (Å²) in [6, 6.07) is -0.104. The zero-order chi connectivity index (χ0) is 10.4. The number of hydrogen-bond donors (Lipinski definition) is 2. The molecule has 0 bridgehead atoms. The Kier molecular flexibility index (Phi) is 4.42. The van der Waals surface area contributed by atoms with E-state index >= 15 is 0 Å². The first kappa shape index (κ1) is 11.0. The minimum atomic E-state index is -0.104. The van der Waals surface area contributed by atoms with E-state index in [1.807, 2.05) is 17.7 Å². The van der Waals surface area contributed by atoms with Crippen molar-refractivity contribution in [2.75, 3.05) is 25.6 Å². The molecule has 0 radical (unpaired) electrons. The van der Waals surface area contributed by atoms with Crippen LogP contribution in [0.4, 0.5) is 5.95 Å². The quantitative estimate of drug-likeness (QED) is 0.693. The number of aryl methyl sites for hydroxylation is 1. The lowest BCUT2D eigenvalue weighted by atomic mass is 10.3. The van der Waals surface area contributed by atoms with Crippen LogP contribution in [0.5, 0.6) is 0 Å². The Bertz CT molecular complexity index is 262. The van der Waals surface area contributed by atoms with Crippen LogP contribution in [0.2, 0.25) is 0 Å². The fourth-order valence-corrected chi connectivity index (χ4v) is 1.23. The number of nitrogens with one attached hydrogen (secondary N) is 1. The van der Waals surface area contributed by atoms with E-state index in [0.717, 1.165) is 12.5 Å². The van der Waals surface area contributed by atoms with Crippen molar-refractivity contribution in [2.24, 2.45) is 0 Å². The Morgan fingerprint density at radius 2 is 2.50 bits per heavy atom. The van der Waals surface area contributed by atoms with Crippen LogP contribution >= 0.6 is 0 Å². The van der Waals surface area contributed by atoms with Crippen LogP contribution in [-0.2, 0) is 11.3 Å². The average molecular weight is 199 g/mol. The van der Waals surface area contributed by atoms with Crippen molar-refractivity contribution in [1.29, 1.82) is 0 Å². The summed E-state index contributed by atoms with van der Waals surface area (Å²) in [5, 5.41) is 12.1. The van der Waals surface area contributed by atoms with Gasteiger partial charge in [0.05, 0.1) is 19.3 Å². The third-order valence-corrected chi connectivity index (χ3v) is 1.98. The van der Waals surface area contributed by atoms with E-state index in [0.29, 0.717) is 6.61 Å². The third-order valence-electron chi connectivity index (χ3n) is 1.98. The van der Waals surface area contributed by atoms with Gasteiger partial charge in [-0.2, -0.15) is 0 Å². The van der Waals surface area contributed by atoms with Gasteiger partial charge in [0.15, 0.2) is 0 Å². The van der Waals surface area contributed by atoms with Crippen LogP contribution in [-0.4, -0.2) is 41.0 Å². The molecule has 0 saturated carbocycles. The van der Waals surface area contributed by atoms with E-state index in [1.54, 1.807) is 13.3 Å². The topological polar surface area (TPSA) is 59.3 Å². The molecule has 0 aliphatic carbocycles. The van der Waals surface area contributed by atoms with E-state index in [4.69, 9.17) is 9.84 Å². The first-order valence-corrected chi connectivity index (χ1v) is 4.69. The monoisotopic (exact) mass is 199 g/mol. The molecule has 5 heteroatoms. The third kappa shape index (κ3) is 2.71. The second kappa shape index (κ2) is 5.62. The average Bonchev–Trinajstić information content (AvgIpc) is 2.64. The Hall–Kier alpha value is -1.07. The molecule has 0 aliphatic rings. The largest absolute Gasteiger partial charge is 0.394 e. The molecule has 0 spiro atoms. The van der Waals surface area contributed by atoms with Crippen molar-refractivity contribution in [3.63, 3.8) is 0 Å². The zero-order valence-corrected chi connectivity index (χ0v) is 8.60. The molecule has 1 heterocycles. The Morgan fingerprint density at radius 1 is 1.71 bits per heavy atom. The lowest BCUT2D eigenvalue weighted by molar-refractivity contribution is 0.153. The highest BCUT2D eigenvalue weighted by Crippen LogP contribution is 2.05. The fraction of sp³-hybridized carbons (Fsp3) is 0.667. The second-order valence-electron chi connectivity index (χ2n) is 3.02. The summed E-state index contributed by atoms with van der Waals surface area (Å²) < 4.78 is 6.93. The number of nitrogens with zero attached hydrogens (tertiary/aromatic N) is 2. The molecule has 0 fully saturated rings. The minimum Gasteiger partial charge on any atom is -0.394 e. The summed E-state index contributed by atoms with van der Waals surface area (Å²) >= 11 is 0. The van der Waals surface area contributed by atoms with Gasteiger partial charge in [0.1, 0.15) is 0 Å². The summed E-state index contributed by atoms with van der Waals surface area (Å²) in [5.74, 6) is 0.767. The standard InChI is InChI=1S/C9H17N3O2/c1-3-12-5-4-10-9(12)11-8(6-13)7-14-2/h4-5,8,13H,3,6-7H2,1-2H3,(H,10,11). The molecule has 0 aliphatic heterocycles. The van der Waals surface area contributed by atoms with Gasteiger partial charge in [-0.25, -0.2) is 4.98 Å². The molecular formula is C9H17N3O2. The van der Waals surface area contributed by atoms with Gasteiger partial charge in [-0.1, -0.05) is 0 Å².